The number of aromatic amines is 2. The zero-order chi connectivity index (χ0) is 97.6. The molecule has 133 heavy (non-hydrogen) atoms. The highest BCUT2D eigenvalue weighted by molar-refractivity contribution is 8.00. The quantitative estimate of drug-likeness (QED) is 0.0286. The Morgan fingerprint density at radius 2 is 1.15 bits per heavy atom. The number of aromatic hydroxyl groups is 1. The number of amides is 17. The summed E-state index contributed by atoms with van der Waals surface area (Å²) < 4.78 is 0.829. The molecule has 44 heteroatoms. The zero-order valence-corrected chi connectivity index (χ0v) is 77.5. The van der Waals surface area contributed by atoms with E-state index in [-0.39, 0.29) is 68.9 Å². The fourth-order valence-corrected chi connectivity index (χ4v) is 17.5. The molecule has 42 nitrogen and oxygen atoms in total. The first kappa shape index (κ1) is 105. The van der Waals surface area contributed by atoms with Gasteiger partial charge < -0.3 is 120 Å². The molecule has 3 aromatic heterocycles. The zero-order valence-electron chi connectivity index (χ0n) is 75.9. The van der Waals surface area contributed by atoms with E-state index >= 15 is 33.6 Å². The van der Waals surface area contributed by atoms with Gasteiger partial charge in [0.15, 0.2) is 0 Å². The van der Waals surface area contributed by atoms with Crippen molar-refractivity contribution in [2.75, 3.05) is 65.9 Å². The maximum Gasteiger partial charge on any atom is 0.303 e. The Kier molecular flexibility index (Phi) is 40.0. The van der Waals surface area contributed by atoms with E-state index in [1.54, 1.807) is 50.4 Å². The Bertz CT molecular complexity index is 5130. The number of phenolic OH excluding ortho intramolecular Hbond substituents is 1. The van der Waals surface area contributed by atoms with Crippen LogP contribution in [0, 0.1) is 5.92 Å². The molecule has 17 amide bonds. The van der Waals surface area contributed by atoms with Gasteiger partial charge in [0.25, 0.3) is 0 Å². The number of carboxylic acid groups (broad SMARTS) is 1. The number of hydrogen-bond donors (Lipinski definition) is 18. The number of carbonyl (C=O) groups is 18. The van der Waals surface area contributed by atoms with E-state index in [0.717, 1.165) is 43.6 Å². The molecule has 0 saturated carbocycles. The smallest absolute Gasteiger partial charge is 0.303 e. The normalized spacial score (nSPS) is 24.0. The molecule has 5 heterocycles. The number of primary amides is 2. The van der Waals surface area contributed by atoms with Gasteiger partial charge in [-0.3, -0.25) is 86.3 Å². The molecule has 21 N–H and O–H groups in total. The summed E-state index contributed by atoms with van der Waals surface area (Å²) in [5.41, 5.74) is 19.6. The van der Waals surface area contributed by atoms with Gasteiger partial charge in [0.05, 0.1) is 37.7 Å². The molecule has 8 rings (SSSR count). The largest absolute Gasteiger partial charge is 0.508 e. The highest BCUT2D eigenvalue weighted by atomic mass is 32.2. The van der Waals surface area contributed by atoms with Crippen molar-refractivity contribution in [3.05, 3.63) is 119 Å². The number of aliphatic hydroxyl groups excluding tert-OH is 1. The summed E-state index contributed by atoms with van der Waals surface area (Å²) in [6.45, 7) is 6.03. The molecule has 2 fully saturated rings. The molecule has 2 saturated heterocycles. The van der Waals surface area contributed by atoms with Crippen LogP contribution in [-0.2, 0) is 112 Å². The molecule has 3 aromatic carbocycles. The minimum Gasteiger partial charge on any atom is -0.508 e. The number of fused-ring (bicyclic) bond motifs is 3. The number of aliphatic hydroxyl groups is 1. The summed E-state index contributed by atoms with van der Waals surface area (Å²) in [6, 6.07) is -0.654. The lowest BCUT2D eigenvalue weighted by Gasteiger charge is -2.36. The summed E-state index contributed by atoms with van der Waals surface area (Å²) in [6.07, 6.45) is 0.198. The first-order chi connectivity index (χ1) is 63.2. The molecule has 0 spiro atoms. The van der Waals surface area contributed by atoms with Crippen LogP contribution >= 0.6 is 23.1 Å². The van der Waals surface area contributed by atoms with E-state index in [1.807, 2.05) is 37.4 Å². The van der Waals surface area contributed by atoms with Gasteiger partial charge in [0, 0.05) is 113 Å². The third-order valence-electron chi connectivity index (χ3n) is 23.1. The Morgan fingerprint density at radius 3 is 1.80 bits per heavy atom. The van der Waals surface area contributed by atoms with E-state index < -0.39 is 254 Å². The number of aromatic nitrogens is 3. The summed E-state index contributed by atoms with van der Waals surface area (Å²) >= 11 is 2.15. The van der Waals surface area contributed by atoms with E-state index in [9.17, 15) is 68.1 Å². The second kappa shape index (κ2) is 50.5. The van der Waals surface area contributed by atoms with Crippen LogP contribution in [0.15, 0.2) is 96.9 Å². The monoisotopic (exact) mass is 1890 g/mol. The van der Waals surface area contributed by atoms with Crippen LogP contribution in [0.4, 0.5) is 0 Å². The maximum atomic E-state index is 15.8. The third-order valence-corrected chi connectivity index (χ3v) is 25.1. The average Bonchev–Trinajstić information content (AvgIpc) is 1.60. The Morgan fingerprint density at radius 1 is 0.571 bits per heavy atom. The predicted octanol–water partition coefficient (Wildman–Crippen LogP) is -1.77. The summed E-state index contributed by atoms with van der Waals surface area (Å²) in [5.74, 6) is -19.3. The second-order valence-electron chi connectivity index (χ2n) is 33.8. The van der Waals surface area contributed by atoms with Crippen molar-refractivity contribution >= 4 is 150 Å². The van der Waals surface area contributed by atoms with Crippen LogP contribution in [0.3, 0.4) is 0 Å². The number of hydrogen-bond acceptors (Lipinski definition) is 24. The van der Waals surface area contributed by atoms with Crippen LogP contribution in [-0.4, -0.2) is 312 Å². The molecule has 722 valence electrons. The number of benzene rings is 3. The molecule has 2 aliphatic heterocycles. The number of rotatable bonds is 26. The third kappa shape index (κ3) is 30.5. The van der Waals surface area contributed by atoms with Gasteiger partial charge in [-0.05, 0) is 103 Å². The lowest BCUT2D eigenvalue weighted by molar-refractivity contribution is -0.149. The number of carboxylic acids is 1. The van der Waals surface area contributed by atoms with Gasteiger partial charge in [-0.25, -0.2) is 4.98 Å². The van der Waals surface area contributed by atoms with Crippen LogP contribution in [0.25, 0.3) is 21.0 Å². The summed E-state index contributed by atoms with van der Waals surface area (Å²) in [7, 11) is 5.05. The number of nitrogens with one attached hydrogen (secondary N) is 12. The van der Waals surface area contributed by atoms with Gasteiger partial charge in [-0.1, -0.05) is 102 Å². The van der Waals surface area contributed by atoms with E-state index in [2.05, 4.69) is 68.1 Å². The van der Waals surface area contributed by atoms with Crippen molar-refractivity contribution in [2.45, 2.75) is 222 Å². The number of carbonyl (C=O) groups excluding carboxylic acids is 17. The summed E-state index contributed by atoms with van der Waals surface area (Å²) in [5, 5.41) is 61.0. The highest BCUT2D eigenvalue weighted by Gasteiger charge is 2.46. The number of thiophene rings is 1. The molecule has 0 aliphatic carbocycles. The van der Waals surface area contributed by atoms with E-state index in [4.69, 9.17) is 17.2 Å². The average molecular weight is 1890 g/mol. The fraction of sp³-hybridized carbons (Fsp3) is 0.517. The molecule has 6 aromatic rings. The SMILES string of the molecule is CCCC[C@H]1C(=O)N(C)[C@@H](CCCC)C(=O)N[C@@H](CC(C)C)C(=O)N[C@H](C(=O)NCC(N)=O)CSCC(=O)N[C@@H](Cc2ccc(O)cc2)C(=O)N(C)[C@@H](C)C(=O)N[C@@H](CC(N)=O)C(=O)N(C)CC(=O)N[C@@H](Cc2cnc[nH]2)C(=O)N[C@@H](CCC(=O)O)C(=O)N2C[C@H](O)C[C@H]2C(=O)N[C@@H](Cc2c[nH]c3ccccc23)C(=O)N[C@@H](CCN)C(=O)N[C@@H](Cc2csc3ccccc23)C(=O)N1C. The minimum atomic E-state index is -1.84. The van der Waals surface area contributed by atoms with Crippen molar-refractivity contribution in [2.24, 2.45) is 23.1 Å². The summed E-state index contributed by atoms with van der Waals surface area (Å²) in [4.78, 5) is 276. The first-order valence-electron chi connectivity index (χ1n) is 44.0. The Hall–Kier alpha value is -13.1. The van der Waals surface area contributed by atoms with Crippen molar-refractivity contribution in [3.63, 3.8) is 0 Å². The number of nitrogens with two attached hydrogens (primary N) is 3. The molecular formula is C89H123N21O21S2. The Balaban J connectivity index is 1.20. The van der Waals surface area contributed by atoms with Gasteiger partial charge in [0.1, 0.15) is 84.3 Å². The maximum absolute atomic E-state index is 15.8. The molecule has 14 atom stereocenters. The molecule has 2 aliphatic rings. The lowest BCUT2D eigenvalue weighted by Crippen LogP contribution is -2.61. The molecule has 0 unspecified atom stereocenters. The van der Waals surface area contributed by atoms with Gasteiger partial charge in [-0.15, -0.1) is 23.1 Å². The standard InChI is InChI=1S/C89H123N21O21S2/c1-10-12-21-68-83(125)101-61(32-48(3)4)80(122)105-67(78(120)95-41-73(92)114)45-132-46-75(116)98-64(33-50-24-26-54(111)27-25-50)86(128)107(7)49(5)77(119)103-66(38-72(91)113)85(127)106(6)43-74(115)97-63(36-53-40-93-47-96-53)82(124)100-60(28-29-76(117)118)88(130)110-42-55(112)37-70(110)84(126)102-62(34-51-39-94-58-20-16-14-18-56(51)58)81(123)99-59(30-31-90)79(121)104-65(35-52-44-133-71-23-17-15-19-57(52)71)87(129)109(9)69(22-13-11-2)89(131)108(68)8/h14-20,23-27,39-40,44,47-49,55,59-70,94,111-112H,10-13,21-22,28-38,41-43,45-46,90H2,1-9H3,(H2,91,113)(H2,92,114)(H,93,96)(H,95,120)(H,97,115)(H,98,116)(H,99,123)(H,100,124)(H,101,125)(H,102,126)(H,103,119)(H,104,121)(H,105,122)(H,117,118)/t49-,55+,59-,60-,61-,62-,63-,64-,65-,66-,67-,68-,69-,70-/m0/s1. The first-order valence-corrected chi connectivity index (χ1v) is 46.1. The van der Waals surface area contributed by atoms with Crippen molar-refractivity contribution in [3.8, 4) is 5.75 Å². The molecule has 0 radical (unpaired) electrons. The van der Waals surface area contributed by atoms with Crippen molar-refractivity contribution in [1.29, 1.82) is 0 Å². The van der Waals surface area contributed by atoms with Crippen LogP contribution in [0.5, 0.6) is 5.75 Å². The lowest BCUT2D eigenvalue weighted by atomic mass is 9.99. The number of H-pyrrole nitrogens is 2. The number of imidazole rings is 1. The number of nitrogens with zero attached hydrogens (tertiary/aromatic N) is 6. The van der Waals surface area contributed by atoms with Gasteiger partial charge >= 0.3 is 5.97 Å². The Labute approximate surface area is 776 Å². The molecular weight excluding hydrogens is 1760 g/mol. The van der Waals surface area contributed by atoms with Gasteiger partial charge in [-0.2, -0.15) is 0 Å². The minimum absolute atomic E-state index is 0.0292. The van der Waals surface area contributed by atoms with E-state index in [1.165, 1.54) is 86.0 Å². The van der Waals surface area contributed by atoms with Crippen LogP contribution in [0.1, 0.15) is 134 Å². The topological polar surface area (TPSA) is 627 Å². The molecule has 0 bridgehead atoms. The van der Waals surface area contributed by atoms with Crippen LogP contribution in [0.2, 0.25) is 0 Å². The number of likely N-dealkylation sites (N-methyl/N-ethyl adjacent to an activating group) is 4. The second-order valence-corrected chi connectivity index (χ2v) is 35.7. The number of aliphatic carboxylic acids is 1. The number of phenols is 1. The highest BCUT2D eigenvalue weighted by Crippen LogP contribution is 2.30. The van der Waals surface area contributed by atoms with Crippen molar-refractivity contribution < 1.29 is 102 Å². The van der Waals surface area contributed by atoms with E-state index in [0.29, 0.717) is 53.3 Å². The fourth-order valence-electron chi connectivity index (χ4n) is 15.7. The number of thioether (sulfide) groups is 1. The predicted molar refractivity (Wildman–Crippen MR) is 491 cm³/mol. The van der Waals surface area contributed by atoms with Crippen molar-refractivity contribution in [1.82, 2.24) is 92.6 Å². The van der Waals surface area contributed by atoms with Crippen LogP contribution < -0.4 is 70.4 Å². The number of para-hydroxylation sites is 1. The number of unbranched alkanes of at least 4 members (excludes halogenated alkanes) is 2. The van der Waals surface area contributed by atoms with Gasteiger partial charge in [0.2, 0.25) is 100 Å².